The molecule has 0 atom stereocenters. The first-order valence-corrected chi connectivity index (χ1v) is 10.7. The van der Waals surface area contributed by atoms with Crippen molar-refractivity contribution >= 4 is 21.8 Å². The molecule has 0 aliphatic carbocycles. The molecule has 0 aliphatic rings. The molecule has 2 heterocycles. The first-order valence-electron chi connectivity index (χ1n) is 10.7. The maximum Gasteiger partial charge on any atom is 0.347 e. The van der Waals surface area contributed by atoms with Gasteiger partial charge in [-0.05, 0) is 59.7 Å². The third-order valence-corrected chi connectivity index (χ3v) is 5.63. The SMILES string of the molecule is O=c1oc(-c2ccccc2)nc2ccc(-c3ccc4nc(-c5ccccc5)oc(=O)c4c3)cc12. The fourth-order valence-corrected chi connectivity index (χ4v) is 3.91. The summed E-state index contributed by atoms with van der Waals surface area (Å²) in [6, 6.07) is 29.3. The van der Waals surface area contributed by atoms with E-state index in [1.54, 1.807) is 24.3 Å². The maximum absolute atomic E-state index is 12.7. The minimum atomic E-state index is -0.472. The summed E-state index contributed by atoms with van der Waals surface area (Å²) in [6.45, 7) is 0. The zero-order valence-corrected chi connectivity index (χ0v) is 17.8. The maximum atomic E-state index is 12.7. The predicted molar refractivity (Wildman–Crippen MR) is 130 cm³/mol. The van der Waals surface area contributed by atoms with Gasteiger partial charge in [-0.1, -0.05) is 48.5 Å². The molecular formula is C28H16N2O4. The first kappa shape index (κ1) is 19.8. The van der Waals surface area contributed by atoms with Gasteiger partial charge in [0.05, 0.1) is 21.8 Å². The number of hydrogen-bond acceptors (Lipinski definition) is 6. The Bertz CT molecular complexity index is 1650. The first-order chi connectivity index (χ1) is 16.7. The van der Waals surface area contributed by atoms with Gasteiger partial charge in [0.2, 0.25) is 11.8 Å². The minimum Gasteiger partial charge on any atom is -0.403 e. The monoisotopic (exact) mass is 444 g/mol. The summed E-state index contributed by atoms with van der Waals surface area (Å²) in [5.74, 6) is 0.545. The Hall–Kier alpha value is -4.84. The Morgan fingerprint density at radius 1 is 0.471 bits per heavy atom. The van der Waals surface area contributed by atoms with E-state index in [9.17, 15) is 9.59 Å². The highest BCUT2D eigenvalue weighted by Crippen LogP contribution is 2.27. The zero-order chi connectivity index (χ0) is 23.1. The quantitative estimate of drug-likeness (QED) is 0.349. The van der Waals surface area contributed by atoms with Crippen molar-refractivity contribution in [3.63, 3.8) is 0 Å². The van der Waals surface area contributed by atoms with E-state index in [1.807, 2.05) is 72.8 Å². The number of benzene rings is 4. The van der Waals surface area contributed by atoms with Crippen LogP contribution in [0.25, 0.3) is 55.8 Å². The normalized spacial score (nSPS) is 11.2. The summed E-state index contributed by atoms with van der Waals surface area (Å²) in [6.07, 6.45) is 0. The largest absolute Gasteiger partial charge is 0.403 e. The standard InChI is InChI=1S/C28H16N2O4/c31-27-21-15-19(11-13-23(21)29-25(33-27)17-7-3-1-4-8-17)20-12-14-24-22(16-20)28(32)34-26(30-24)18-9-5-2-6-10-18/h1-16H. The van der Waals surface area contributed by atoms with E-state index in [4.69, 9.17) is 8.83 Å². The molecule has 0 fully saturated rings. The van der Waals surface area contributed by atoms with Crippen LogP contribution >= 0.6 is 0 Å². The second-order valence-corrected chi connectivity index (χ2v) is 7.81. The molecule has 162 valence electrons. The van der Waals surface area contributed by atoms with Crippen molar-refractivity contribution in [2.45, 2.75) is 0 Å². The van der Waals surface area contributed by atoms with Gasteiger partial charge in [-0.2, -0.15) is 0 Å². The molecule has 6 nitrogen and oxygen atoms in total. The Labute approximate surface area is 192 Å². The van der Waals surface area contributed by atoms with Gasteiger partial charge in [-0.25, -0.2) is 19.6 Å². The van der Waals surface area contributed by atoms with E-state index < -0.39 is 11.3 Å². The van der Waals surface area contributed by atoms with E-state index in [-0.39, 0.29) is 11.8 Å². The van der Waals surface area contributed by atoms with Gasteiger partial charge in [-0.15, -0.1) is 0 Å². The highest BCUT2D eigenvalue weighted by atomic mass is 16.4. The molecule has 2 aromatic heterocycles. The lowest BCUT2D eigenvalue weighted by Gasteiger charge is -2.07. The van der Waals surface area contributed by atoms with Crippen molar-refractivity contribution in [2.75, 3.05) is 0 Å². The van der Waals surface area contributed by atoms with Crippen LogP contribution in [0.2, 0.25) is 0 Å². The molecule has 0 radical (unpaired) electrons. The van der Waals surface area contributed by atoms with Crippen LogP contribution in [0.15, 0.2) is 115 Å². The van der Waals surface area contributed by atoms with Crippen molar-refractivity contribution in [1.82, 2.24) is 9.97 Å². The minimum absolute atomic E-state index is 0.273. The third-order valence-electron chi connectivity index (χ3n) is 5.63. The molecule has 6 rings (SSSR count). The molecule has 0 N–H and O–H groups in total. The van der Waals surface area contributed by atoms with E-state index >= 15 is 0 Å². The summed E-state index contributed by atoms with van der Waals surface area (Å²) in [5, 5.41) is 0.726. The highest BCUT2D eigenvalue weighted by molar-refractivity contribution is 5.88. The second-order valence-electron chi connectivity index (χ2n) is 7.81. The summed E-state index contributed by atoms with van der Waals surface area (Å²) >= 11 is 0. The Kier molecular flexibility index (Phi) is 4.63. The third kappa shape index (κ3) is 3.47. The van der Waals surface area contributed by atoms with Crippen molar-refractivity contribution in [3.8, 4) is 34.0 Å². The van der Waals surface area contributed by atoms with Crippen LogP contribution in [0.1, 0.15) is 0 Å². The van der Waals surface area contributed by atoms with Gasteiger partial charge in [0.1, 0.15) is 0 Å². The molecule has 6 aromatic rings. The number of aromatic nitrogens is 2. The molecule has 4 aromatic carbocycles. The van der Waals surface area contributed by atoms with Crippen molar-refractivity contribution in [2.24, 2.45) is 0 Å². The average molecular weight is 444 g/mol. The molecule has 6 heteroatoms. The number of rotatable bonds is 3. The average Bonchev–Trinajstić information content (AvgIpc) is 2.89. The highest BCUT2D eigenvalue weighted by Gasteiger charge is 2.12. The number of fused-ring (bicyclic) bond motifs is 2. The topological polar surface area (TPSA) is 86.2 Å². The summed E-state index contributed by atoms with van der Waals surface area (Å²) in [5.41, 5.74) is 3.09. The smallest absolute Gasteiger partial charge is 0.347 e. The van der Waals surface area contributed by atoms with Crippen molar-refractivity contribution < 1.29 is 8.83 Å². The Morgan fingerprint density at radius 3 is 1.29 bits per heavy atom. The lowest BCUT2D eigenvalue weighted by Crippen LogP contribution is -2.04. The summed E-state index contributed by atoms with van der Waals surface area (Å²) in [7, 11) is 0. The zero-order valence-electron chi connectivity index (χ0n) is 17.8. The molecule has 0 saturated carbocycles. The molecule has 0 unspecified atom stereocenters. The summed E-state index contributed by atoms with van der Waals surface area (Å²) < 4.78 is 10.9. The lowest BCUT2D eigenvalue weighted by molar-refractivity contribution is 0.518. The van der Waals surface area contributed by atoms with E-state index in [1.165, 1.54) is 0 Å². The number of nitrogens with zero attached hydrogens (tertiary/aromatic N) is 2. The van der Waals surface area contributed by atoms with E-state index in [2.05, 4.69) is 9.97 Å². The van der Waals surface area contributed by atoms with Crippen LogP contribution in [-0.4, -0.2) is 9.97 Å². The van der Waals surface area contributed by atoms with Crippen molar-refractivity contribution in [1.29, 1.82) is 0 Å². The van der Waals surface area contributed by atoms with Crippen LogP contribution in [-0.2, 0) is 0 Å². The molecule has 0 spiro atoms. The second kappa shape index (κ2) is 7.94. The molecule has 0 aliphatic heterocycles. The van der Waals surface area contributed by atoms with Gasteiger partial charge >= 0.3 is 11.3 Å². The fraction of sp³-hybridized carbons (Fsp3) is 0. The predicted octanol–water partition coefficient (Wildman–Crippen LogP) is 5.69. The molecule has 0 amide bonds. The number of hydrogen-bond donors (Lipinski definition) is 0. The van der Waals surface area contributed by atoms with Crippen molar-refractivity contribution in [3.05, 3.63) is 118 Å². The Balaban J connectivity index is 1.43. The Morgan fingerprint density at radius 2 is 0.882 bits per heavy atom. The molecule has 0 saturated heterocycles. The van der Waals surface area contributed by atoms with Gasteiger partial charge in [0.25, 0.3) is 0 Å². The summed E-state index contributed by atoms with van der Waals surface area (Å²) in [4.78, 5) is 34.4. The van der Waals surface area contributed by atoms with Gasteiger partial charge in [0, 0.05) is 11.1 Å². The van der Waals surface area contributed by atoms with Crippen LogP contribution in [0, 0.1) is 0 Å². The molecular weight excluding hydrogens is 428 g/mol. The van der Waals surface area contributed by atoms with Crippen LogP contribution in [0.3, 0.4) is 0 Å². The molecule has 0 bridgehead atoms. The fourth-order valence-electron chi connectivity index (χ4n) is 3.91. The van der Waals surface area contributed by atoms with Crippen LogP contribution < -0.4 is 11.3 Å². The lowest BCUT2D eigenvalue weighted by atomic mass is 10.0. The van der Waals surface area contributed by atoms with Gasteiger partial charge < -0.3 is 8.83 Å². The van der Waals surface area contributed by atoms with Gasteiger partial charge in [0.15, 0.2) is 0 Å². The van der Waals surface area contributed by atoms with Crippen LogP contribution in [0.4, 0.5) is 0 Å². The molecule has 34 heavy (non-hydrogen) atoms. The van der Waals surface area contributed by atoms with E-state index in [0.717, 1.165) is 22.3 Å². The van der Waals surface area contributed by atoms with E-state index in [0.29, 0.717) is 21.8 Å². The van der Waals surface area contributed by atoms with Gasteiger partial charge in [-0.3, -0.25) is 0 Å². The van der Waals surface area contributed by atoms with Crippen LogP contribution in [0.5, 0.6) is 0 Å².